The number of carbonyl (C=O) groups is 1. The lowest BCUT2D eigenvalue weighted by Gasteiger charge is -2.12. The van der Waals surface area contributed by atoms with E-state index in [-0.39, 0.29) is 5.57 Å². The van der Waals surface area contributed by atoms with E-state index >= 15 is 0 Å². The van der Waals surface area contributed by atoms with Crippen LogP contribution in [0.3, 0.4) is 0 Å². The topological polar surface area (TPSA) is 62.1 Å². The zero-order valence-corrected chi connectivity index (χ0v) is 22.1. The van der Waals surface area contributed by atoms with Crippen LogP contribution >= 0.6 is 31.9 Å². The van der Waals surface area contributed by atoms with Crippen molar-refractivity contribution in [3.05, 3.63) is 61.5 Å². The molecule has 0 spiro atoms. The summed E-state index contributed by atoms with van der Waals surface area (Å²) in [5, 5.41) is 12.4. The second kappa shape index (κ2) is 13.4. The Hall–Kier alpha value is -2.10. The highest BCUT2D eigenvalue weighted by molar-refractivity contribution is 9.11. The van der Waals surface area contributed by atoms with Gasteiger partial charge >= 0.3 is 0 Å². The van der Waals surface area contributed by atoms with E-state index in [0.29, 0.717) is 12.3 Å². The van der Waals surface area contributed by atoms with Crippen molar-refractivity contribution in [1.29, 1.82) is 5.26 Å². The predicted octanol–water partition coefficient (Wildman–Crippen LogP) is 8.11. The first-order chi connectivity index (χ1) is 15.3. The number of unbranched alkanes of at least 4 members (excludes halogenated alkanes) is 5. The average Bonchev–Trinajstić information content (AvgIpc) is 2.74. The highest BCUT2D eigenvalue weighted by Crippen LogP contribution is 2.35. The molecule has 0 fully saturated rings. The lowest BCUT2D eigenvalue weighted by Crippen LogP contribution is -2.14. The van der Waals surface area contributed by atoms with Crippen molar-refractivity contribution in [3.8, 4) is 11.8 Å². The molecular formula is C26H30Br2N2O2. The first-order valence-corrected chi connectivity index (χ1v) is 12.6. The summed E-state index contributed by atoms with van der Waals surface area (Å²) in [7, 11) is 0. The van der Waals surface area contributed by atoms with Crippen LogP contribution in [0, 0.1) is 25.2 Å². The normalized spacial score (nSPS) is 11.2. The third-order valence-electron chi connectivity index (χ3n) is 5.07. The van der Waals surface area contributed by atoms with Gasteiger partial charge in [-0.15, -0.1) is 0 Å². The van der Waals surface area contributed by atoms with Crippen molar-refractivity contribution < 1.29 is 9.53 Å². The van der Waals surface area contributed by atoms with E-state index in [4.69, 9.17) is 4.74 Å². The summed E-state index contributed by atoms with van der Waals surface area (Å²) in [5.41, 5.74) is 3.52. The Balaban J connectivity index is 2.05. The number of amides is 1. The first-order valence-electron chi connectivity index (χ1n) is 11.0. The Kier molecular flexibility index (Phi) is 11.0. The lowest BCUT2D eigenvalue weighted by atomic mass is 10.1. The van der Waals surface area contributed by atoms with E-state index in [0.717, 1.165) is 44.2 Å². The van der Waals surface area contributed by atoms with Gasteiger partial charge in [-0.2, -0.15) is 5.26 Å². The molecule has 32 heavy (non-hydrogen) atoms. The number of aryl methyl sites for hydroxylation is 2. The fourth-order valence-electron chi connectivity index (χ4n) is 3.32. The summed E-state index contributed by atoms with van der Waals surface area (Å²) in [6, 6.07) is 11.5. The zero-order chi connectivity index (χ0) is 23.5. The highest BCUT2D eigenvalue weighted by Gasteiger charge is 2.13. The summed E-state index contributed by atoms with van der Waals surface area (Å²) in [6.45, 7) is 6.79. The Morgan fingerprint density at radius 3 is 2.34 bits per heavy atom. The molecule has 0 aliphatic carbocycles. The van der Waals surface area contributed by atoms with Gasteiger partial charge in [0.1, 0.15) is 17.4 Å². The number of carbonyl (C=O) groups excluding carboxylic acids is 1. The fraction of sp³-hybridized carbons (Fsp3) is 0.385. The quantitative estimate of drug-likeness (QED) is 0.171. The summed E-state index contributed by atoms with van der Waals surface area (Å²) >= 11 is 7.11. The number of anilines is 1. The number of ether oxygens (including phenoxy) is 1. The molecule has 2 aromatic rings. The van der Waals surface area contributed by atoms with Crippen molar-refractivity contribution in [2.45, 2.75) is 59.3 Å². The zero-order valence-electron chi connectivity index (χ0n) is 18.9. The molecule has 2 aromatic carbocycles. The summed E-state index contributed by atoms with van der Waals surface area (Å²) in [4.78, 5) is 12.6. The summed E-state index contributed by atoms with van der Waals surface area (Å²) < 4.78 is 7.50. The van der Waals surface area contributed by atoms with Crippen molar-refractivity contribution in [2.24, 2.45) is 0 Å². The number of hydrogen-bond acceptors (Lipinski definition) is 3. The molecule has 6 heteroatoms. The number of rotatable bonds is 11. The number of halogens is 2. The molecule has 2 rings (SSSR count). The van der Waals surface area contributed by atoms with Crippen molar-refractivity contribution in [1.82, 2.24) is 0 Å². The van der Waals surface area contributed by atoms with Gasteiger partial charge in [0.2, 0.25) is 0 Å². The third kappa shape index (κ3) is 8.11. The Labute approximate surface area is 208 Å². The summed E-state index contributed by atoms with van der Waals surface area (Å²) in [6.07, 6.45) is 8.82. The van der Waals surface area contributed by atoms with Crippen LogP contribution in [0.4, 0.5) is 5.69 Å². The highest BCUT2D eigenvalue weighted by atomic mass is 79.9. The Morgan fingerprint density at radius 2 is 1.72 bits per heavy atom. The minimum absolute atomic E-state index is 0.0320. The van der Waals surface area contributed by atoms with E-state index in [1.165, 1.54) is 25.7 Å². The number of benzene rings is 2. The van der Waals surface area contributed by atoms with Gasteiger partial charge in [-0.05, 0) is 87.5 Å². The maximum Gasteiger partial charge on any atom is 0.266 e. The molecule has 0 radical (unpaired) electrons. The molecule has 1 amide bonds. The molecule has 0 aliphatic rings. The van der Waals surface area contributed by atoms with E-state index in [9.17, 15) is 10.1 Å². The van der Waals surface area contributed by atoms with E-state index in [1.807, 2.05) is 50.2 Å². The van der Waals surface area contributed by atoms with Gasteiger partial charge < -0.3 is 10.1 Å². The van der Waals surface area contributed by atoms with Crippen LogP contribution in [0.5, 0.6) is 5.75 Å². The van der Waals surface area contributed by atoms with Gasteiger partial charge in [-0.25, -0.2) is 0 Å². The minimum atomic E-state index is -0.435. The molecule has 1 N–H and O–H groups in total. The molecule has 4 nitrogen and oxygen atoms in total. The molecular weight excluding hydrogens is 532 g/mol. The largest absolute Gasteiger partial charge is 0.491 e. The maximum atomic E-state index is 12.6. The number of hydrogen-bond donors (Lipinski definition) is 1. The van der Waals surface area contributed by atoms with E-state index in [1.54, 1.807) is 6.08 Å². The molecule has 0 atom stereocenters. The Bertz CT molecular complexity index is 986. The van der Waals surface area contributed by atoms with Crippen molar-refractivity contribution in [2.75, 3.05) is 11.9 Å². The van der Waals surface area contributed by atoms with Crippen LogP contribution in [0.15, 0.2) is 44.9 Å². The second-order valence-electron chi connectivity index (χ2n) is 7.87. The third-order valence-corrected chi connectivity index (χ3v) is 6.25. The molecule has 0 saturated carbocycles. The predicted molar refractivity (Wildman–Crippen MR) is 139 cm³/mol. The smallest absolute Gasteiger partial charge is 0.266 e. The molecule has 0 unspecified atom stereocenters. The van der Waals surface area contributed by atoms with Gasteiger partial charge in [0, 0.05) is 5.69 Å². The molecule has 0 saturated heterocycles. The van der Waals surface area contributed by atoms with Gasteiger partial charge in [0.15, 0.2) is 0 Å². The van der Waals surface area contributed by atoms with Gasteiger partial charge in [0.25, 0.3) is 5.91 Å². The van der Waals surface area contributed by atoms with Crippen molar-refractivity contribution in [3.63, 3.8) is 0 Å². The SMILES string of the molecule is CCCCCCCCOc1c(Br)cc(/C=C(\C#N)C(=O)Nc2ccc(C)cc2C)cc1Br. The van der Waals surface area contributed by atoms with Crippen LogP contribution in [-0.4, -0.2) is 12.5 Å². The lowest BCUT2D eigenvalue weighted by molar-refractivity contribution is -0.112. The van der Waals surface area contributed by atoms with Crippen molar-refractivity contribution >= 4 is 49.5 Å². The minimum Gasteiger partial charge on any atom is -0.491 e. The van der Waals surface area contributed by atoms with Crippen LogP contribution in [-0.2, 0) is 4.79 Å². The Morgan fingerprint density at radius 1 is 1.06 bits per heavy atom. The van der Waals surface area contributed by atoms with Crippen LogP contribution in [0.2, 0.25) is 0 Å². The van der Waals surface area contributed by atoms with Crippen LogP contribution in [0.25, 0.3) is 6.08 Å². The second-order valence-corrected chi connectivity index (χ2v) is 9.58. The monoisotopic (exact) mass is 560 g/mol. The number of nitriles is 1. The van der Waals surface area contributed by atoms with Crippen LogP contribution < -0.4 is 10.1 Å². The van der Waals surface area contributed by atoms with Gasteiger partial charge in [-0.3, -0.25) is 4.79 Å². The van der Waals surface area contributed by atoms with Gasteiger partial charge in [0.05, 0.1) is 15.6 Å². The number of nitrogens with zero attached hydrogens (tertiary/aromatic N) is 1. The average molecular weight is 562 g/mol. The molecule has 0 heterocycles. The van der Waals surface area contributed by atoms with Crippen LogP contribution in [0.1, 0.15) is 62.1 Å². The van der Waals surface area contributed by atoms with E-state index < -0.39 is 5.91 Å². The van der Waals surface area contributed by atoms with Gasteiger partial charge in [-0.1, -0.05) is 56.7 Å². The maximum absolute atomic E-state index is 12.6. The number of nitrogens with one attached hydrogen (secondary N) is 1. The molecule has 170 valence electrons. The summed E-state index contributed by atoms with van der Waals surface area (Å²) in [5.74, 6) is 0.295. The van der Waals surface area contributed by atoms with E-state index in [2.05, 4.69) is 44.1 Å². The first kappa shape index (κ1) is 26.2. The molecule has 0 aromatic heterocycles. The molecule has 0 bridgehead atoms. The standard InChI is InChI=1S/C26H30Br2N2O2/c1-4-5-6-7-8-9-12-32-25-22(27)15-20(16-23(25)28)14-21(17-29)26(31)30-24-11-10-18(2)13-19(24)3/h10-11,13-16H,4-9,12H2,1-3H3,(H,30,31)/b21-14+. The fourth-order valence-corrected chi connectivity index (χ4v) is 4.77. The molecule has 0 aliphatic heterocycles.